The van der Waals surface area contributed by atoms with Crippen LogP contribution in [0.4, 0.5) is 5.69 Å². The first-order valence-corrected chi connectivity index (χ1v) is 6.32. The number of amidine groups is 1. The Hall–Kier alpha value is -1.99. The smallest absolute Gasteiger partial charge is 0.172 e. The van der Waals surface area contributed by atoms with Gasteiger partial charge < -0.3 is 30.4 Å². The van der Waals surface area contributed by atoms with E-state index in [1.807, 2.05) is 4.90 Å². The molecule has 7 nitrogen and oxygen atoms in total. The number of morpholine rings is 1. The lowest BCUT2D eigenvalue weighted by Gasteiger charge is -2.37. The molecule has 7 heteroatoms. The molecule has 0 radical (unpaired) electrons. The molecule has 20 heavy (non-hydrogen) atoms. The second kappa shape index (κ2) is 6.44. The average Bonchev–Trinajstić information content (AvgIpc) is 2.53. The maximum atomic E-state index is 9.47. The highest BCUT2D eigenvalue weighted by molar-refractivity contribution is 6.02. The van der Waals surface area contributed by atoms with Crippen molar-refractivity contribution in [2.24, 2.45) is 10.9 Å². The van der Waals surface area contributed by atoms with Gasteiger partial charge in [-0.25, -0.2) is 0 Å². The van der Waals surface area contributed by atoms with E-state index in [2.05, 4.69) is 5.16 Å². The molecular formula is C13H19N3O4. The number of anilines is 1. The van der Waals surface area contributed by atoms with Crippen LogP contribution < -0.4 is 15.4 Å². The van der Waals surface area contributed by atoms with Crippen LogP contribution in [0.25, 0.3) is 0 Å². The number of rotatable bonds is 4. The van der Waals surface area contributed by atoms with Crippen LogP contribution in [0.1, 0.15) is 5.56 Å². The van der Waals surface area contributed by atoms with E-state index in [4.69, 9.17) is 20.4 Å². The number of benzene rings is 1. The van der Waals surface area contributed by atoms with Crippen LogP contribution in [0.5, 0.6) is 5.75 Å². The van der Waals surface area contributed by atoms with Crippen molar-refractivity contribution in [1.29, 1.82) is 0 Å². The quantitative estimate of drug-likeness (QED) is 0.310. The fraction of sp³-hybridized carbons (Fsp3) is 0.462. The number of aliphatic hydroxyl groups excluding tert-OH is 1. The van der Waals surface area contributed by atoms with Crippen molar-refractivity contribution in [3.8, 4) is 5.75 Å². The van der Waals surface area contributed by atoms with Crippen LogP contribution >= 0.6 is 0 Å². The molecule has 0 saturated carbocycles. The lowest BCUT2D eigenvalue weighted by atomic mass is 10.1. The van der Waals surface area contributed by atoms with E-state index in [0.717, 1.165) is 5.69 Å². The number of ether oxygens (including phenoxy) is 2. The van der Waals surface area contributed by atoms with Gasteiger partial charge in [0.05, 0.1) is 38.7 Å². The SMILES string of the molecule is COc1ccc(/C(N)=N/O)c(N2CCOCC2CO)c1. The van der Waals surface area contributed by atoms with E-state index in [0.29, 0.717) is 31.1 Å². The first-order valence-electron chi connectivity index (χ1n) is 6.32. The van der Waals surface area contributed by atoms with Crippen LogP contribution in [0.2, 0.25) is 0 Å². The average molecular weight is 281 g/mol. The summed E-state index contributed by atoms with van der Waals surface area (Å²) in [6, 6.07) is 5.11. The Bertz CT molecular complexity index is 493. The van der Waals surface area contributed by atoms with Crippen molar-refractivity contribution >= 4 is 11.5 Å². The molecule has 1 heterocycles. The summed E-state index contributed by atoms with van der Waals surface area (Å²) in [4.78, 5) is 1.99. The molecule has 0 spiro atoms. The van der Waals surface area contributed by atoms with Crippen LogP contribution in [0.15, 0.2) is 23.4 Å². The molecule has 1 aromatic rings. The zero-order valence-corrected chi connectivity index (χ0v) is 11.3. The molecule has 1 atom stereocenters. The Morgan fingerprint density at radius 2 is 2.40 bits per heavy atom. The van der Waals surface area contributed by atoms with Gasteiger partial charge in [0, 0.05) is 18.2 Å². The van der Waals surface area contributed by atoms with Crippen molar-refractivity contribution in [2.45, 2.75) is 6.04 Å². The van der Waals surface area contributed by atoms with Crippen LogP contribution in [0.3, 0.4) is 0 Å². The number of aliphatic hydroxyl groups is 1. The molecular weight excluding hydrogens is 262 g/mol. The Morgan fingerprint density at radius 1 is 1.60 bits per heavy atom. The molecule has 0 amide bonds. The van der Waals surface area contributed by atoms with E-state index < -0.39 is 0 Å². The maximum Gasteiger partial charge on any atom is 0.172 e. The summed E-state index contributed by atoms with van der Waals surface area (Å²) >= 11 is 0. The van der Waals surface area contributed by atoms with E-state index in [9.17, 15) is 5.11 Å². The second-order valence-electron chi connectivity index (χ2n) is 4.47. The predicted octanol–water partition coefficient (Wildman–Crippen LogP) is -0.0128. The monoisotopic (exact) mass is 281 g/mol. The van der Waals surface area contributed by atoms with Gasteiger partial charge in [-0.1, -0.05) is 5.16 Å². The minimum Gasteiger partial charge on any atom is -0.497 e. The first-order chi connectivity index (χ1) is 9.71. The van der Waals surface area contributed by atoms with Gasteiger partial charge in [0.1, 0.15) is 5.75 Å². The van der Waals surface area contributed by atoms with Gasteiger partial charge in [-0.15, -0.1) is 0 Å². The Balaban J connectivity index is 2.45. The number of oxime groups is 1. The molecule has 1 saturated heterocycles. The van der Waals surface area contributed by atoms with Gasteiger partial charge >= 0.3 is 0 Å². The second-order valence-corrected chi connectivity index (χ2v) is 4.47. The first kappa shape index (κ1) is 14.4. The lowest BCUT2D eigenvalue weighted by Crippen LogP contribution is -2.48. The molecule has 0 aliphatic carbocycles. The van der Waals surface area contributed by atoms with Crippen LogP contribution in [-0.4, -0.2) is 55.7 Å². The number of nitrogens with two attached hydrogens (primary N) is 1. The highest BCUT2D eigenvalue weighted by Gasteiger charge is 2.25. The molecule has 110 valence electrons. The summed E-state index contributed by atoms with van der Waals surface area (Å²) in [6.45, 7) is 1.57. The minimum atomic E-state index is -0.166. The molecule has 4 N–H and O–H groups in total. The molecule has 1 aromatic carbocycles. The normalized spacial score (nSPS) is 20.0. The third kappa shape index (κ3) is 2.78. The Morgan fingerprint density at radius 3 is 3.05 bits per heavy atom. The molecule has 0 aromatic heterocycles. The summed E-state index contributed by atoms with van der Waals surface area (Å²) in [5.41, 5.74) is 7.06. The van der Waals surface area contributed by atoms with Gasteiger partial charge in [-0.3, -0.25) is 0 Å². The third-order valence-corrected chi connectivity index (χ3v) is 3.34. The maximum absolute atomic E-state index is 9.47. The Kier molecular flexibility index (Phi) is 4.65. The van der Waals surface area contributed by atoms with E-state index in [-0.39, 0.29) is 18.5 Å². The summed E-state index contributed by atoms with van der Waals surface area (Å²) in [5, 5.41) is 21.4. The lowest BCUT2D eigenvalue weighted by molar-refractivity contribution is 0.0727. The van der Waals surface area contributed by atoms with E-state index in [1.165, 1.54) is 0 Å². The van der Waals surface area contributed by atoms with Gasteiger partial charge in [-0.05, 0) is 12.1 Å². The number of methoxy groups -OCH3 is 1. The van der Waals surface area contributed by atoms with Crippen molar-refractivity contribution in [2.75, 3.05) is 38.4 Å². The molecule has 1 unspecified atom stereocenters. The summed E-state index contributed by atoms with van der Waals surface area (Å²) in [7, 11) is 1.57. The molecule has 1 aliphatic heterocycles. The van der Waals surface area contributed by atoms with Crippen molar-refractivity contribution in [3.63, 3.8) is 0 Å². The van der Waals surface area contributed by atoms with E-state index >= 15 is 0 Å². The van der Waals surface area contributed by atoms with Crippen LogP contribution in [-0.2, 0) is 4.74 Å². The number of hydrogen-bond acceptors (Lipinski definition) is 6. The van der Waals surface area contributed by atoms with Gasteiger partial charge in [-0.2, -0.15) is 0 Å². The van der Waals surface area contributed by atoms with Crippen LogP contribution in [0, 0.1) is 0 Å². The van der Waals surface area contributed by atoms with Gasteiger partial charge in [0.25, 0.3) is 0 Å². The largest absolute Gasteiger partial charge is 0.497 e. The molecule has 1 aliphatic rings. The molecule has 2 rings (SSSR count). The summed E-state index contributed by atoms with van der Waals surface area (Å²) in [5.74, 6) is 0.684. The topological polar surface area (TPSA) is 101 Å². The zero-order chi connectivity index (χ0) is 14.5. The minimum absolute atomic E-state index is 0.0193. The van der Waals surface area contributed by atoms with Crippen molar-refractivity contribution < 1.29 is 19.8 Å². The summed E-state index contributed by atoms with van der Waals surface area (Å²) in [6.07, 6.45) is 0. The standard InChI is InChI=1S/C13H19N3O4/c1-19-10-2-3-11(13(14)15-18)12(6-10)16-4-5-20-8-9(16)7-17/h2-3,6,9,17-18H,4-5,7-8H2,1H3,(H2,14,15). The van der Waals surface area contributed by atoms with Crippen molar-refractivity contribution in [1.82, 2.24) is 0 Å². The third-order valence-electron chi connectivity index (χ3n) is 3.34. The van der Waals surface area contributed by atoms with Crippen molar-refractivity contribution in [3.05, 3.63) is 23.8 Å². The number of hydrogen-bond donors (Lipinski definition) is 3. The highest BCUT2D eigenvalue weighted by atomic mass is 16.5. The van der Waals surface area contributed by atoms with Gasteiger partial charge in [0.2, 0.25) is 0 Å². The fourth-order valence-corrected chi connectivity index (χ4v) is 2.27. The Labute approximate surface area is 117 Å². The van der Waals surface area contributed by atoms with Gasteiger partial charge in [0.15, 0.2) is 5.84 Å². The fourth-order valence-electron chi connectivity index (χ4n) is 2.27. The van der Waals surface area contributed by atoms with E-state index in [1.54, 1.807) is 25.3 Å². The molecule has 0 bridgehead atoms. The predicted molar refractivity (Wildman–Crippen MR) is 74.5 cm³/mol. The number of nitrogens with zero attached hydrogens (tertiary/aromatic N) is 2. The molecule has 1 fully saturated rings. The summed E-state index contributed by atoms with van der Waals surface area (Å²) < 4.78 is 10.6. The zero-order valence-electron chi connectivity index (χ0n) is 11.3. The highest BCUT2D eigenvalue weighted by Crippen LogP contribution is 2.28.